The van der Waals surface area contributed by atoms with Crippen LogP contribution in [0.2, 0.25) is 10.0 Å². The third-order valence-corrected chi connectivity index (χ3v) is 8.63. The molecule has 2 aliphatic heterocycles. The highest BCUT2D eigenvalue weighted by Crippen LogP contribution is 2.57. The van der Waals surface area contributed by atoms with Gasteiger partial charge in [0.1, 0.15) is 17.0 Å². The van der Waals surface area contributed by atoms with Crippen molar-refractivity contribution in [3.63, 3.8) is 0 Å². The van der Waals surface area contributed by atoms with Gasteiger partial charge >= 0.3 is 0 Å². The first kappa shape index (κ1) is 30.6. The van der Waals surface area contributed by atoms with E-state index in [0.29, 0.717) is 12.8 Å². The number of sulfonamides is 1. The minimum absolute atomic E-state index is 0.0358. The highest BCUT2D eigenvalue weighted by molar-refractivity contribution is 7.88. The Morgan fingerprint density at radius 2 is 1.82 bits per heavy atom. The molecule has 2 aliphatic rings. The molecule has 0 radical (unpaired) electrons. The number of carbonyl (C=O) groups excluding carboxylic acids is 2. The van der Waals surface area contributed by atoms with Crippen LogP contribution in [0.1, 0.15) is 50.7 Å². The van der Waals surface area contributed by atoms with E-state index in [0.717, 1.165) is 6.26 Å². The van der Waals surface area contributed by atoms with Crippen LogP contribution in [0.4, 0.5) is 14.5 Å². The SMILES string of the molecule is CC(C)(C)CC1NC(C(=O)NCCCNS(C)(=O)=O)C(c2cccc(Cl)c2F)C12C(=O)Nc1cc(Cl)c(F)cc12. The summed E-state index contributed by atoms with van der Waals surface area (Å²) in [6.07, 6.45) is 1.71. The molecule has 1 saturated heterocycles. The molecule has 13 heteroatoms. The molecule has 2 amide bonds. The van der Waals surface area contributed by atoms with E-state index in [1.165, 1.54) is 30.3 Å². The van der Waals surface area contributed by atoms with Crippen molar-refractivity contribution in [1.82, 2.24) is 15.4 Å². The quantitative estimate of drug-likeness (QED) is 0.334. The molecule has 4 rings (SSSR count). The zero-order valence-corrected chi connectivity index (χ0v) is 24.8. The minimum atomic E-state index is -3.39. The van der Waals surface area contributed by atoms with Crippen LogP contribution in [0, 0.1) is 17.0 Å². The van der Waals surface area contributed by atoms with E-state index in [4.69, 9.17) is 23.2 Å². The Morgan fingerprint density at radius 3 is 2.48 bits per heavy atom. The molecule has 0 saturated carbocycles. The van der Waals surface area contributed by atoms with Crippen molar-refractivity contribution in [3.8, 4) is 0 Å². The van der Waals surface area contributed by atoms with Crippen molar-refractivity contribution in [2.75, 3.05) is 24.7 Å². The maximum absolute atomic E-state index is 15.7. The second kappa shape index (κ2) is 11.2. The Labute approximate surface area is 242 Å². The molecule has 1 spiro atoms. The molecule has 0 aromatic heterocycles. The van der Waals surface area contributed by atoms with E-state index >= 15 is 4.39 Å². The molecule has 2 heterocycles. The van der Waals surface area contributed by atoms with Gasteiger partial charge < -0.3 is 16.0 Å². The first-order valence-corrected chi connectivity index (χ1v) is 15.4. The van der Waals surface area contributed by atoms with Gasteiger partial charge in [-0.2, -0.15) is 0 Å². The van der Waals surface area contributed by atoms with E-state index in [1.807, 2.05) is 20.8 Å². The van der Waals surface area contributed by atoms with Crippen molar-refractivity contribution in [3.05, 3.63) is 63.1 Å². The van der Waals surface area contributed by atoms with Crippen molar-refractivity contribution in [2.24, 2.45) is 5.41 Å². The summed E-state index contributed by atoms with van der Waals surface area (Å²) in [5, 5.41) is 8.51. The molecular formula is C27H32Cl2F2N4O4S. The van der Waals surface area contributed by atoms with Crippen LogP contribution in [0.25, 0.3) is 0 Å². The number of hydrogen-bond donors (Lipinski definition) is 4. The van der Waals surface area contributed by atoms with Crippen LogP contribution in [-0.2, 0) is 25.0 Å². The second-order valence-corrected chi connectivity index (χ2v) is 14.2. The Morgan fingerprint density at radius 1 is 1.12 bits per heavy atom. The number of nitrogens with one attached hydrogen (secondary N) is 4. The van der Waals surface area contributed by atoms with E-state index < -0.39 is 56.9 Å². The van der Waals surface area contributed by atoms with Gasteiger partial charge in [-0.05, 0) is 47.6 Å². The van der Waals surface area contributed by atoms with Gasteiger partial charge in [0.25, 0.3) is 0 Å². The molecule has 0 aliphatic carbocycles. The number of halogens is 4. The number of fused-ring (bicyclic) bond motifs is 2. The maximum atomic E-state index is 15.7. The third-order valence-electron chi connectivity index (χ3n) is 7.32. The Hall–Kier alpha value is -2.31. The topological polar surface area (TPSA) is 116 Å². The largest absolute Gasteiger partial charge is 0.355 e. The van der Waals surface area contributed by atoms with Crippen LogP contribution in [0.3, 0.4) is 0 Å². The normalized spacial score (nSPS) is 24.3. The summed E-state index contributed by atoms with van der Waals surface area (Å²) in [4.78, 5) is 27.7. The van der Waals surface area contributed by atoms with Gasteiger partial charge in [-0.15, -0.1) is 0 Å². The van der Waals surface area contributed by atoms with Crippen LogP contribution >= 0.6 is 23.2 Å². The van der Waals surface area contributed by atoms with Crippen LogP contribution in [-0.4, -0.2) is 51.7 Å². The summed E-state index contributed by atoms with van der Waals surface area (Å²) in [7, 11) is -3.39. The molecule has 0 bridgehead atoms. The molecule has 4 N–H and O–H groups in total. The molecule has 8 nitrogen and oxygen atoms in total. The van der Waals surface area contributed by atoms with Crippen molar-refractivity contribution in [1.29, 1.82) is 0 Å². The predicted molar refractivity (Wildman–Crippen MR) is 151 cm³/mol. The lowest BCUT2D eigenvalue weighted by molar-refractivity contribution is -0.123. The zero-order chi connectivity index (χ0) is 29.6. The highest BCUT2D eigenvalue weighted by Gasteiger charge is 2.66. The summed E-state index contributed by atoms with van der Waals surface area (Å²) in [6.45, 7) is 6.13. The molecule has 4 atom stereocenters. The number of rotatable bonds is 8. The standard InChI is InChI=1S/C27H32Cl2F2N4O4S/c1-26(2,3)13-20-27(15-11-18(30)17(29)12-19(15)34-25(27)37)21(14-7-5-8-16(28)22(14)31)23(35-20)24(36)32-9-6-10-33-40(4,38)39/h5,7-8,11-12,20-21,23,33,35H,6,9-10,13H2,1-4H3,(H,32,36)(H,34,37). The fraction of sp³-hybridized carbons (Fsp3) is 0.481. The molecule has 2 aromatic carbocycles. The number of hydrogen-bond acceptors (Lipinski definition) is 5. The lowest BCUT2D eigenvalue weighted by Gasteiger charge is -2.37. The summed E-state index contributed by atoms with van der Waals surface area (Å²) < 4.78 is 55.7. The van der Waals surface area contributed by atoms with Crippen LogP contribution in [0.5, 0.6) is 0 Å². The first-order chi connectivity index (χ1) is 18.6. The van der Waals surface area contributed by atoms with Crippen LogP contribution in [0.15, 0.2) is 30.3 Å². The lowest BCUT2D eigenvalue weighted by Crippen LogP contribution is -2.49. The van der Waals surface area contributed by atoms with E-state index in [9.17, 15) is 22.4 Å². The average Bonchev–Trinajstić information content (AvgIpc) is 3.29. The molecule has 218 valence electrons. The van der Waals surface area contributed by atoms with E-state index in [2.05, 4.69) is 20.7 Å². The minimum Gasteiger partial charge on any atom is -0.355 e. The zero-order valence-electron chi connectivity index (χ0n) is 22.5. The average molecular weight is 618 g/mol. The number of amides is 2. The monoisotopic (exact) mass is 616 g/mol. The van der Waals surface area contributed by atoms with Gasteiger partial charge in [0.15, 0.2) is 0 Å². The summed E-state index contributed by atoms with van der Waals surface area (Å²) in [5.41, 5.74) is -1.33. The van der Waals surface area contributed by atoms with Gasteiger partial charge in [-0.25, -0.2) is 21.9 Å². The van der Waals surface area contributed by atoms with Crippen molar-refractivity contribution >= 4 is 50.7 Å². The number of carbonyl (C=O) groups is 2. The fourth-order valence-electron chi connectivity index (χ4n) is 5.83. The van der Waals surface area contributed by atoms with Gasteiger partial charge in [-0.3, -0.25) is 9.59 Å². The third kappa shape index (κ3) is 5.85. The van der Waals surface area contributed by atoms with E-state index in [-0.39, 0.29) is 45.4 Å². The van der Waals surface area contributed by atoms with Crippen LogP contribution < -0.4 is 20.7 Å². The summed E-state index contributed by atoms with van der Waals surface area (Å²) in [5.74, 6) is -3.67. The van der Waals surface area contributed by atoms with E-state index in [1.54, 1.807) is 0 Å². The molecule has 2 aromatic rings. The predicted octanol–water partition coefficient (Wildman–Crippen LogP) is 4.08. The second-order valence-electron chi connectivity index (χ2n) is 11.5. The van der Waals surface area contributed by atoms with Crippen molar-refractivity contribution in [2.45, 2.75) is 57.0 Å². The molecule has 40 heavy (non-hydrogen) atoms. The Balaban J connectivity index is 1.84. The molecule has 4 unspecified atom stereocenters. The smallest absolute Gasteiger partial charge is 0.237 e. The van der Waals surface area contributed by atoms with Gasteiger partial charge in [-0.1, -0.05) is 56.1 Å². The summed E-state index contributed by atoms with van der Waals surface area (Å²) >= 11 is 12.2. The van der Waals surface area contributed by atoms with Gasteiger partial charge in [0.05, 0.1) is 22.3 Å². The van der Waals surface area contributed by atoms with Gasteiger partial charge in [0, 0.05) is 30.7 Å². The Bertz CT molecular complexity index is 1450. The maximum Gasteiger partial charge on any atom is 0.237 e. The molecule has 1 fully saturated rings. The highest BCUT2D eigenvalue weighted by atomic mass is 35.5. The number of anilines is 1. The van der Waals surface area contributed by atoms with Gasteiger partial charge in [0.2, 0.25) is 21.8 Å². The summed E-state index contributed by atoms with van der Waals surface area (Å²) in [6, 6.07) is 5.06. The fourth-order valence-corrected chi connectivity index (χ4v) is 6.69. The first-order valence-electron chi connectivity index (χ1n) is 12.8. The molecular weight excluding hydrogens is 585 g/mol. The Kier molecular flexibility index (Phi) is 8.56. The lowest BCUT2D eigenvalue weighted by atomic mass is 9.62. The van der Waals surface area contributed by atoms with Crippen molar-refractivity contribution < 1.29 is 26.8 Å². The number of benzene rings is 2.